The summed E-state index contributed by atoms with van der Waals surface area (Å²) >= 11 is 0. The van der Waals surface area contributed by atoms with Gasteiger partial charge in [0, 0.05) is 6.42 Å². The number of Topliss-reactive ketones (excluding diaryl/α,β-unsaturated/α-hetero) is 1. The third kappa shape index (κ3) is 7.32. The number of hydrogen-bond donors (Lipinski definition) is 0. The zero-order chi connectivity index (χ0) is 9.56. The van der Waals surface area contributed by atoms with Gasteiger partial charge in [0.15, 0.2) is 0 Å². The Morgan fingerprint density at radius 3 is 2.17 bits per heavy atom. The molecule has 12 heavy (non-hydrogen) atoms. The summed E-state index contributed by atoms with van der Waals surface area (Å²) in [6, 6.07) is 0. The molecule has 1 heterocycles. The Hall–Kier alpha value is -0.790. The first-order valence-electron chi connectivity index (χ1n) is 4.34. The highest BCUT2D eigenvalue weighted by atomic mass is 16.5. The highest BCUT2D eigenvalue weighted by molar-refractivity contribution is 5.81. The van der Waals surface area contributed by atoms with Crippen molar-refractivity contribution in [1.82, 2.24) is 0 Å². The number of allylic oxidation sites excluding steroid dienone is 1. The van der Waals surface area contributed by atoms with Crippen molar-refractivity contribution < 1.29 is 9.53 Å². The maximum absolute atomic E-state index is 10.5. The largest absolute Gasteiger partial charge is 0.498 e. The topological polar surface area (TPSA) is 26.3 Å². The van der Waals surface area contributed by atoms with Crippen LogP contribution in [0.1, 0.15) is 33.6 Å². The molecule has 0 bridgehead atoms. The molecule has 1 fully saturated rings. The van der Waals surface area contributed by atoms with Gasteiger partial charge >= 0.3 is 0 Å². The molecule has 0 aliphatic carbocycles. The van der Waals surface area contributed by atoms with Gasteiger partial charge in [-0.2, -0.15) is 0 Å². The van der Waals surface area contributed by atoms with Crippen molar-refractivity contribution >= 4 is 5.78 Å². The zero-order valence-electron chi connectivity index (χ0n) is 8.22. The lowest BCUT2D eigenvalue weighted by atomic mass is 10.2. The van der Waals surface area contributed by atoms with Gasteiger partial charge in [-0.3, -0.25) is 4.79 Å². The molecule has 0 radical (unpaired) electrons. The summed E-state index contributed by atoms with van der Waals surface area (Å²) in [5.41, 5.74) is 0. The molecule has 1 aliphatic heterocycles. The summed E-state index contributed by atoms with van der Waals surface area (Å²) in [4.78, 5) is 10.5. The fraction of sp³-hybridized carbons (Fsp3) is 0.700. The SMILES string of the molecule is C=C1CC(=O)CCO1.CC(C)C. The quantitative estimate of drug-likeness (QED) is 0.558. The van der Waals surface area contributed by atoms with Crippen LogP contribution in [0, 0.1) is 5.92 Å². The average molecular weight is 170 g/mol. The number of rotatable bonds is 0. The number of ether oxygens (including phenoxy) is 1. The summed E-state index contributed by atoms with van der Waals surface area (Å²) in [7, 11) is 0. The predicted molar refractivity (Wildman–Crippen MR) is 49.8 cm³/mol. The van der Waals surface area contributed by atoms with Crippen molar-refractivity contribution in [2.75, 3.05) is 6.61 Å². The van der Waals surface area contributed by atoms with E-state index in [-0.39, 0.29) is 5.78 Å². The summed E-state index contributed by atoms with van der Waals surface area (Å²) in [5, 5.41) is 0. The molecule has 0 aromatic heterocycles. The molecule has 0 aromatic carbocycles. The molecule has 2 nitrogen and oxygen atoms in total. The van der Waals surface area contributed by atoms with E-state index in [1.165, 1.54) is 0 Å². The van der Waals surface area contributed by atoms with Gasteiger partial charge in [-0.15, -0.1) is 0 Å². The first kappa shape index (κ1) is 11.2. The Labute approximate surface area is 74.6 Å². The van der Waals surface area contributed by atoms with Gasteiger partial charge in [0.25, 0.3) is 0 Å². The van der Waals surface area contributed by atoms with E-state index in [2.05, 4.69) is 27.4 Å². The van der Waals surface area contributed by atoms with Crippen LogP contribution in [0.25, 0.3) is 0 Å². The van der Waals surface area contributed by atoms with Gasteiger partial charge in [0.1, 0.15) is 5.78 Å². The van der Waals surface area contributed by atoms with E-state index < -0.39 is 0 Å². The van der Waals surface area contributed by atoms with Crippen LogP contribution in [-0.4, -0.2) is 12.4 Å². The Balaban J connectivity index is 0.000000261. The minimum absolute atomic E-state index is 0.237. The molecule has 0 saturated carbocycles. The highest BCUT2D eigenvalue weighted by Gasteiger charge is 2.10. The van der Waals surface area contributed by atoms with E-state index in [0.29, 0.717) is 25.2 Å². The van der Waals surface area contributed by atoms with Gasteiger partial charge in [0.05, 0.1) is 18.8 Å². The number of carbonyl (C=O) groups is 1. The van der Waals surface area contributed by atoms with Gasteiger partial charge < -0.3 is 4.74 Å². The Bertz CT molecular complexity index is 142. The molecule has 1 rings (SSSR count). The summed E-state index contributed by atoms with van der Waals surface area (Å²) in [5.74, 6) is 1.68. The van der Waals surface area contributed by atoms with Crippen LogP contribution in [0.3, 0.4) is 0 Å². The molecular weight excluding hydrogens is 152 g/mol. The Morgan fingerprint density at radius 2 is 1.92 bits per heavy atom. The lowest BCUT2D eigenvalue weighted by Gasteiger charge is -2.12. The molecule has 1 aliphatic rings. The number of ketones is 1. The predicted octanol–water partition coefficient (Wildman–Crippen LogP) is 2.54. The molecule has 1 saturated heterocycles. The smallest absolute Gasteiger partial charge is 0.143 e. The molecule has 2 heteroatoms. The Morgan fingerprint density at radius 1 is 1.42 bits per heavy atom. The lowest BCUT2D eigenvalue weighted by molar-refractivity contribution is -0.121. The minimum Gasteiger partial charge on any atom is -0.498 e. The summed E-state index contributed by atoms with van der Waals surface area (Å²) in [6.45, 7) is 10.5. The standard InChI is InChI=1S/C6H8O2.C4H10/c1-5-4-6(7)2-3-8-5;1-4(2)3/h1-4H2;4H,1-3H3. The van der Waals surface area contributed by atoms with E-state index in [4.69, 9.17) is 4.74 Å². The molecule has 0 N–H and O–H groups in total. The second-order valence-electron chi connectivity index (χ2n) is 3.58. The molecule has 70 valence electrons. The molecule has 0 amide bonds. The second kappa shape index (κ2) is 5.81. The summed E-state index contributed by atoms with van der Waals surface area (Å²) in [6.07, 6.45) is 0.971. The van der Waals surface area contributed by atoms with Crippen molar-refractivity contribution in [2.45, 2.75) is 33.6 Å². The van der Waals surface area contributed by atoms with Crippen molar-refractivity contribution in [3.63, 3.8) is 0 Å². The average Bonchev–Trinajstić information content (AvgIpc) is 1.84. The fourth-order valence-corrected chi connectivity index (χ4v) is 0.669. The molecule has 0 spiro atoms. The molecular formula is C10H18O2. The Kier molecular flexibility index (Phi) is 5.43. The number of carbonyl (C=O) groups excluding carboxylic acids is 1. The van der Waals surface area contributed by atoms with Crippen molar-refractivity contribution in [3.05, 3.63) is 12.3 Å². The normalized spacial score (nSPS) is 16.7. The fourth-order valence-electron chi connectivity index (χ4n) is 0.669. The third-order valence-electron chi connectivity index (χ3n) is 1.08. The van der Waals surface area contributed by atoms with Crippen molar-refractivity contribution in [2.24, 2.45) is 5.92 Å². The van der Waals surface area contributed by atoms with Crippen molar-refractivity contribution in [1.29, 1.82) is 0 Å². The van der Waals surface area contributed by atoms with Crippen LogP contribution in [0.4, 0.5) is 0 Å². The van der Waals surface area contributed by atoms with Gasteiger partial charge in [-0.25, -0.2) is 0 Å². The maximum Gasteiger partial charge on any atom is 0.143 e. The van der Waals surface area contributed by atoms with Crippen LogP contribution in [-0.2, 0) is 9.53 Å². The number of hydrogen-bond acceptors (Lipinski definition) is 2. The minimum atomic E-state index is 0.237. The van der Waals surface area contributed by atoms with Crippen LogP contribution in [0.15, 0.2) is 12.3 Å². The van der Waals surface area contributed by atoms with Crippen LogP contribution >= 0.6 is 0 Å². The molecule has 0 unspecified atom stereocenters. The molecule has 0 atom stereocenters. The van der Waals surface area contributed by atoms with Gasteiger partial charge in [-0.1, -0.05) is 27.4 Å². The lowest BCUT2D eigenvalue weighted by Crippen LogP contribution is -2.12. The first-order valence-corrected chi connectivity index (χ1v) is 4.34. The maximum atomic E-state index is 10.5. The van der Waals surface area contributed by atoms with E-state index in [1.54, 1.807) is 0 Å². The first-order chi connectivity index (χ1) is 5.52. The van der Waals surface area contributed by atoms with E-state index in [0.717, 1.165) is 5.92 Å². The highest BCUT2D eigenvalue weighted by Crippen LogP contribution is 2.09. The third-order valence-corrected chi connectivity index (χ3v) is 1.08. The zero-order valence-corrected chi connectivity index (χ0v) is 8.22. The van der Waals surface area contributed by atoms with Crippen LogP contribution in [0.2, 0.25) is 0 Å². The monoisotopic (exact) mass is 170 g/mol. The van der Waals surface area contributed by atoms with E-state index >= 15 is 0 Å². The van der Waals surface area contributed by atoms with E-state index in [9.17, 15) is 4.79 Å². The van der Waals surface area contributed by atoms with E-state index in [1.807, 2.05) is 0 Å². The van der Waals surface area contributed by atoms with Crippen molar-refractivity contribution in [3.8, 4) is 0 Å². The van der Waals surface area contributed by atoms with Crippen LogP contribution in [0.5, 0.6) is 0 Å². The summed E-state index contributed by atoms with van der Waals surface area (Å²) < 4.78 is 4.93. The molecule has 0 aromatic rings. The van der Waals surface area contributed by atoms with Crippen LogP contribution < -0.4 is 0 Å². The van der Waals surface area contributed by atoms with Gasteiger partial charge in [0.2, 0.25) is 0 Å². The second-order valence-corrected chi connectivity index (χ2v) is 3.58. The van der Waals surface area contributed by atoms with Gasteiger partial charge in [-0.05, 0) is 5.92 Å².